The quantitative estimate of drug-likeness (QED) is 0.814. The first-order chi connectivity index (χ1) is 12.1. The molecule has 3 rings (SSSR count). The van der Waals surface area contributed by atoms with Crippen LogP contribution in [0.3, 0.4) is 0 Å². The van der Waals surface area contributed by atoms with Gasteiger partial charge in [-0.1, -0.05) is 11.3 Å². The van der Waals surface area contributed by atoms with Crippen molar-refractivity contribution in [1.29, 1.82) is 0 Å². The Morgan fingerprint density at radius 2 is 2.36 bits per heavy atom. The van der Waals surface area contributed by atoms with Crippen molar-refractivity contribution in [2.75, 3.05) is 25.0 Å². The van der Waals surface area contributed by atoms with Gasteiger partial charge in [-0.3, -0.25) is 15.0 Å². The molecule has 3 heterocycles. The Balaban J connectivity index is 1.49. The number of carbonyl (C=O) groups is 2. The van der Waals surface area contributed by atoms with Gasteiger partial charge in [0, 0.05) is 24.4 Å². The molecule has 0 aromatic carbocycles. The molecule has 2 N–H and O–H groups in total. The lowest BCUT2D eigenvalue weighted by Gasteiger charge is -2.24. The summed E-state index contributed by atoms with van der Waals surface area (Å²) in [5, 5.41) is 6.01. The van der Waals surface area contributed by atoms with E-state index in [0.29, 0.717) is 31.4 Å². The second-order valence-electron chi connectivity index (χ2n) is 5.55. The topological polar surface area (TPSA) is 96.7 Å². The van der Waals surface area contributed by atoms with Crippen LogP contribution in [0.15, 0.2) is 22.8 Å². The van der Waals surface area contributed by atoms with Crippen LogP contribution < -0.4 is 10.6 Å². The molecule has 25 heavy (non-hydrogen) atoms. The fourth-order valence-corrected chi connectivity index (χ4v) is 3.59. The number of thiazole rings is 1. The third-order valence-electron chi connectivity index (χ3n) is 3.70. The van der Waals surface area contributed by atoms with Crippen LogP contribution in [0.25, 0.3) is 0 Å². The van der Waals surface area contributed by atoms with Gasteiger partial charge in [0.2, 0.25) is 5.91 Å². The van der Waals surface area contributed by atoms with Crippen LogP contribution in [-0.4, -0.2) is 41.6 Å². The number of ether oxygens (including phenoxy) is 1. The summed E-state index contributed by atoms with van der Waals surface area (Å²) in [7, 11) is 0. The maximum Gasteiger partial charge on any atom is 0.413 e. The number of carbonyl (C=O) groups excluding carboxylic acids is 2. The Hall–Kier alpha value is -2.39. The smallest absolute Gasteiger partial charge is 0.413 e. The number of anilines is 1. The highest BCUT2D eigenvalue weighted by molar-refractivity contribution is 7.15. The average molecular weight is 364 g/mol. The Bertz CT molecular complexity index is 729. The molecule has 0 radical (unpaired) electrons. The molecule has 0 saturated heterocycles. The van der Waals surface area contributed by atoms with Gasteiger partial charge in [-0.2, -0.15) is 0 Å². The number of furan rings is 1. The summed E-state index contributed by atoms with van der Waals surface area (Å²) in [4.78, 5) is 31.1. The summed E-state index contributed by atoms with van der Waals surface area (Å²) >= 11 is 1.42. The summed E-state index contributed by atoms with van der Waals surface area (Å²) in [6, 6.07) is 3.61. The van der Waals surface area contributed by atoms with Crippen molar-refractivity contribution in [3.05, 3.63) is 34.7 Å². The van der Waals surface area contributed by atoms with Crippen molar-refractivity contribution in [3.63, 3.8) is 0 Å². The van der Waals surface area contributed by atoms with E-state index in [1.807, 2.05) is 6.07 Å². The maximum absolute atomic E-state index is 12.1. The summed E-state index contributed by atoms with van der Waals surface area (Å²) < 4.78 is 10.0. The molecule has 2 aromatic rings. The minimum Gasteiger partial charge on any atom is -0.467 e. The molecule has 0 saturated carbocycles. The van der Waals surface area contributed by atoms with Crippen molar-refractivity contribution in [1.82, 2.24) is 15.2 Å². The molecule has 2 aromatic heterocycles. The van der Waals surface area contributed by atoms with E-state index < -0.39 is 6.09 Å². The number of nitrogens with zero attached hydrogens (tertiary/aromatic N) is 2. The van der Waals surface area contributed by atoms with Crippen LogP contribution in [0.2, 0.25) is 0 Å². The zero-order valence-electron chi connectivity index (χ0n) is 13.9. The van der Waals surface area contributed by atoms with Gasteiger partial charge < -0.3 is 14.5 Å². The number of nitrogens with one attached hydrogen (secondary N) is 2. The Labute approximate surface area is 149 Å². The van der Waals surface area contributed by atoms with E-state index in [1.54, 1.807) is 19.3 Å². The van der Waals surface area contributed by atoms with Crippen molar-refractivity contribution in [2.45, 2.75) is 26.4 Å². The van der Waals surface area contributed by atoms with Gasteiger partial charge in [0.05, 0.1) is 31.7 Å². The molecule has 2 amide bonds. The van der Waals surface area contributed by atoms with Crippen molar-refractivity contribution in [2.24, 2.45) is 0 Å². The highest BCUT2D eigenvalue weighted by atomic mass is 32.1. The normalized spacial score (nSPS) is 14.0. The first-order valence-corrected chi connectivity index (χ1v) is 8.89. The number of aromatic nitrogens is 1. The highest BCUT2D eigenvalue weighted by Gasteiger charge is 2.23. The summed E-state index contributed by atoms with van der Waals surface area (Å²) in [6.07, 6.45) is 1.84. The monoisotopic (exact) mass is 364 g/mol. The largest absolute Gasteiger partial charge is 0.467 e. The van der Waals surface area contributed by atoms with Crippen molar-refractivity contribution in [3.8, 4) is 0 Å². The third kappa shape index (κ3) is 4.80. The standard InChI is InChI=1S/C16H20N4O4S/c1-2-23-16(22)19-15-18-12-5-6-20(9-13(12)25-15)10-14(21)17-8-11-4-3-7-24-11/h3-4,7H,2,5-6,8-10H2,1H3,(H,17,21)(H,18,19,22). The number of hydrogen-bond donors (Lipinski definition) is 2. The summed E-state index contributed by atoms with van der Waals surface area (Å²) in [5.41, 5.74) is 0.976. The highest BCUT2D eigenvalue weighted by Crippen LogP contribution is 2.28. The number of rotatable bonds is 6. The van der Waals surface area contributed by atoms with Crippen LogP contribution in [0.1, 0.15) is 23.3 Å². The predicted octanol–water partition coefficient (Wildman–Crippen LogP) is 1.98. The Kier molecular flexibility index (Phi) is 5.67. The lowest BCUT2D eigenvalue weighted by molar-refractivity contribution is -0.122. The molecule has 8 nitrogen and oxygen atoms in total. The zero-order chi connectivity index (χ0) is 17.6. The molecule has 9 heteroatoms. The lowest BCUT2D eigenvalue weighted by atomic mass is 10.2. The molecule has 0 bridgehead atoms. The first kappa shape index (κ1) is 17.4. The summed E-state index contributed by atoms with van der Waals surface area (Å²) in [5.74, 6) is 0.681. The van der Waals surface area contributed by atoms with Gasteiger partial charge in [-0.15, -0.1) is 0 Å². The van der Waals surface area contributed by atoms with Crippen LogP contribution in [-0.2, 0) is 29.0 Å². The van der Waals surface area contributed by atoms with Crippen LogP contribution in [0.5, 0.6) is 0 Å². The van der Waals surface area contributed by atoms with E-state index in [0.717, 1.165) is 29.3 Å². The molecule has 1 aliphatic rings. The third-order valence-corrected chi connectivity index (χ3v) is 4.70. The van der Waals surface area contributed by atoms with E-state index in [2.05, 4.69) is 20.5 Å². The Morgan fingerprint density at radius 3 is 3.12 bits per heavy atom. The molecular weight excluding hydrogens is 344 g/mol. The molecule has 0 aliphatic carbocycles. The summed E-state index contributed by atoms with van der Waals surface area (Å²) in [6.45, 7) is 4.17. The molecule has 0 fully saturated rings. The molecule has 134 valence electrons. The fourth-order valence-electron chi connectivity index (χ4n) is 2.55. The maximum atomic E-state index is 12.1. The van der Waals surface area contributed by atoms with Gasteiger partial charge in [0.1, 0.15) is 5.76 Å². The first-order valence-electron chi connectivity index (χ1n) is 8.08. The van der Waals surface area contributed by atoms with E-state index >= 15 is 0 Å². The number of amides is 2. The van der Waals surface area contributed by atoms with Gasteiger partial charge in [0.25, 0.3) is 0 Å². The molecule has 0 spiro atoms. The molecular formula is C16H20N4O4S. The van der Waals surface area contributed by atoms with E-state index in [1.165, 1.54) is 11.3 Å². The van der Waals surface area contributed by atoms with E-state index in [-0.39, 0.29) is 5.91 Å². The molecule has 1 aliphatic heterocycles. The molecule has 0 atom stereocenters. The van der Waals surface area contributed by atoms with Gasteiger partial charge in [-0.05, 0) is 19.1 Å². The van der Waals surface area contributed by atoms with E-state index in [9.17, 15) is 9.59 Å². The zero-order valence-corrected chi connectivity index (χ0v) is 14.7. The fraction of sp³-hybridized carbons (Fsp3) is 0.438. The minimum absolute atomic E-state index is 0.0470. The van der Waals surface area contributed by atoms with E-state index in [4.69, 9.17) is 9.15 Å². The SMILES string of the molecule is CCOC(=O)Nc1nc2c(s1)CN(CC(=O)NCc1ccco1)CC2. The van der Waals surface area contributed by atoms with Crippen LogP contribution in [0, 0.1) is 0 Å². The predicted molar refractivity (Wildman–Crippen MR) is 92.3 cm³/mol. The second-order valence-corrected chi connectivity index (χ2v) is 6.63. The minimum atomic E-state index is -0.497. The Morgan fingerprint density at radius 1 is 1.48 bits per heavy atom. The van der Waals surface area contributed by atoms with Crippen LogP contribution >= 0.6 is 11.3 Å². The number of hydrogen-bond acceptors (Lipinski definition) is 7. The number of fused-ring (bicyclic) bond motifs is 1. The van der Waals surface area contributed by atoms with Crippen LogP contribution in [0.4, 0.5) is 9.93 Å². The van der Waals surface area contributed by atoms with Crippen molar-refractivity contribution >= 4 is 28.5 Å². The van der Waals surface area contributed by atoms with Gasteiger partial charge >= 0.3 is 6.09 Å². The average Bonchev–Trinajstić information content (AvgIpc) is 3.21. The molecule has 0 unspecified atom stereocenters. The second kappa shape index (κ2) is 8.13. The van der Waals surface area contributed by atoms with Gasteiger partial charge in [-0.25, -0.2) is 9.78 Å². The van der Waals surface area contributed by atoms with Gasteiger partial charge in [0.15, 0.2) is 5.13 Å². The lowest BCUT2D eigenvalue weighted by Crippen LogP contribution is -2.39. The van der Waals surface area contributed by atoms with Crippen molar-refractivity contribution < 1.29 is 18.7 Å².